The zero-order chi connectivity index (χ0) is 11.8. The van der Waals surface area contributed by atoms with Crippen LogP contribution in [0, 0.1) is 11.3 Å². The molecule has 3 N–H and O–H groups in total. The summed E-state index contributed by atoms with van der Waals surface area (Å²) in [5.74, 6) is 0.964. The Morgan fingerprint density at radius 1 is 1.31 bits per heavy atom. The minimum Gasteiger partial charge on any atom is -0.491 e. The Kier molecular flexibility index (Phi) is 5.36. The third-order valence-electron chi connectivity index (χ3n) is 2.14. The van der Waals surface area contributed by atoms with Crippen LogP contribution in [0.1, 0.15) is 6.92 Å². The Labute approximate surface area is 95.9 Å². The fraction of sp³-hybridized carbons (Fsp3) is 0.417. The summed E-state index contributed by atoms with van der Waals surface area (Å²) in [4.78, 5) is 0. The van der Waals surface area contributed by atoms with E-state index in [-0.39, 0.29) is 11.8 Å². The quantitative estimate of drug-likeness (QED) is 0.419. The fourth-order valence-corrected chi connectivity index (χ4v) is 1.09. The molecule has 0 heterocycles. The molecule has 0 aliphatic rings. The van der Waals surface area contributed by atoms with Crippen LogP contribution in [0.25, 0.3) is 0 Å². The number of amidine groups is 1. The van der Waals surface area contributed by atoms with Crippen LogP contribution < -0.4 is 10.5 Å². The number of ether oxygens (including phenoxy) is 2. The Morgan fingerprint density at radius 2 is 2.00 bits per heavy atom. The molecule has 4 nitrogen and oxygen atoms in total. The summed E-state index contributed by atoms with van der Waals surface area (Å²) in [5, 5.41) is 7.18. The predicted octanol–water partition coefficient (Wildman–Crippen LogP) is 1.65. The molecule has 1 atom stereocenters. The van der Waals surface area contributed by atoms with Crippen molar-refractivity contribution in [3.8, 4) is 5.75 Å². The smallest absolute Gasteiger partial charge is 0.119 e. The zero-order valence-corrected chi connectivity index (χ0v) is 9.48. The normalized spacial score (nSPS) is 12.1. The first-order valence-electron chi connectivity index (χ1n) is 5.29. The summed E-state index contributed by atoms with van der Waals surface area (Å²) in [6.45, 7) is 3.34. The van der Waals surface area contributed by atoms with E-state index < -0.39 is 0 Å². The second-order valence-electron chi connectivity index (χ2n) is 3.59. The van der Waals surface area contributed by atoms with Crippen LogP contribution in [0.5, 0.6) is 5.75 Å². The van der Waals surface area contributed by atoms with Crippen molar-refractivity contribution in [2.24, 2.45) is 11.7 Å². The minimum absolute atomic E-state index is 0.0308. The Balaban J connectivity index is 2.07. The molecule has 4 heteroatoms. The molecule has 0 spiro atoms. The van der Waals surface area contributed by atoms with E-state index >= 15 is 0 Å². The van der Waals surface area contributed by atoms with Gasteiger partial charge in [0, 0.05) is 5.92 Å². The molecule has 0 amide bonds. The molecule has 0 fully saturated rings. The second-order valence-corrected chi connectivity index (χ2v) is 3.59. The van der Waals surface area contributed by atoms with Crippen LogP contribution in [0.2, 0.25) is 0 Å². The van der Waals surface area contributed by atoms with Crippen molar-refractivity contribution in [2.75, 3.05) is 19.8 Å². The van der Waals surface area contributed by atoms with Gasteiger partial charge in [-0.2, -0.15) is 0 Å². The SMILES string of the molecule is CC(COCCOc1ccccc1)C(=N)N. The van der Waals surface area contributed by atoms with Gasteiger partial charge < -0.3 is 15.2 Å². The van der Waals surface area contributed by atoms with Gasteiger partial charge in [-0.15, -0.1) is 0 Å². The summed E-state index contributed by atoms with van der Waals surface area (Å²) in [6.07, 6.45) is 0. The number of para-hydroxylation sites is 1. The molecular formula is C12H18N2O2. The summed E-state index contributed by atoms with van der Waals surface area (Å²) < 4.78 is 10.8. The van der Waals surface area contributed by atoms with Gasteiger partial charge in [-0.1, -0.05) is 25.1 Å². The van der Waals surface area contributed by atoms with Gasteiger partial charge in [-0.25, -0.2) is 0 Å². The number of hydrogen-bond donors (Lipinski definition) is 2. The van der Waals surface area contributed by atoms with E-state index in [2.05, 4.69) is 0 Å². The van der Waals surface area contributed by atoms with Crippen LogP contribution >= 0.6 is 0 Å². The van der Waals surface area contributed by atoms with Crippen LogP contribution in [-0.4, -0.2) is 25.7 Å². The van der Waals surface area contributed by atoms with Crippen molar-refractivity contribution in [3.63, 3.8) is 0 Å². The van der Waals surface area contributed by atoms with Gasteiger partial charge in [0.05, 0.1) is 19.0 Å². The van der Waals surface area contributed by atoms with Gasteiger partial charge in [0.1, 0.15) is 12.4 Å². The van der Waals surface area contributed by atoms with E-state index in [0.717, 1.165) is 5.75 Å². The molecule has 1 aromatic carbocycles. The van der Waals surface area contributed by atoms with Crippen molar-refractivity contribution in [1.29, 1.82) is 5.41 Å². The maximum Gasteiger partial charge on any atom is 0.119 e. The van der Waals surface area contributed by atoms with E-state index in [1.165, 1.54) is 0 Å². The van der Waals surface area contributed by atoms with Crippen LogP contribution in [0.4, 0.5) is 0 Å². The van der Waals surface area contributed by atoms with Gasteiger partial charge >= 0.3 is 0 Å². The van der Waals surface area contributed by atoms with E-state index in [9.17, 15) is 0 Å². The summed E-state index contributed by atoms with van der Waals surface area (Å²) in [5.41, 5.74) is 5.31. The highest BCUT2D eigenvalue weighted by Crippen LogP contribution is 2.07. The highest BCUT2D eigenvalue weighted by Gasteiger charge is 2.04. The van der Waals surface area contributed by atoms with Crippen LogP contribution in [0.15, 0.2) is 30.3 Å². The number of nitrogens with one attached hydrogen (secondary N) is 1. The van der Waals surface area contributed by atoms with Gasteiger partial charge in [0.25, 0.3) is 0 Å². The third kappa shape index (κ3) is 4.79. The molecular weight excluding hydrogens is 204 g/mol. The Morgan fingerprint density at radius 3 is 2.62 bits per heavy atom. The van der Waals surface area contributed by atoms with Crippen LogP contribution in [-0.2, 0) is 4.74 Å². The molecule has 0 radical (unpaired) electrons. The number of rotatable bonds is 7. The van der Waals surface area contributed by atoms with Gasteiger partial charge in [0.2, 0.25) is 0 Å². The second kappa shape index (κ2) is 6.85. The number of nitrogens with two attached hydrogens (primary N) is 1. The van der Waals surface area contributed by atoms with E-state index in [1.54, 1.807) is 0 Å². The molecule has 0 bridgehead atoms. The lowest BCUT2D eigenvalue weighted by Gasteiger charge is -2.10. The van der Waals surface area contributed by atoms with E-state index in [0.29, 0.717) is 19.8 Å². The first-order valence-corrected chi connectivity index (χ1v) is 5.29. The third-order valence-corrected chi connectivity index (χ3v) is 2.14. The minimum atomic E-state index is -0.0308. The molecule has 1 unspecified atom stereocenters. The first-order chi connectivity index (χ1) is 7.70. The maximum absolute atomic E-state index is 7.18. The van der Waals surface area contributed by atoms with Crippen molar-refractivity contribution in [1.82, 2.24) is 0 Å². The lowest BCUT2D eigenvalue weighted by molar-refractivity contribution is 0.0900. The summed E-state index contributed by atoms with van der Waals surface area (Å²) in [6, 6.07) is 9.59. The van der Waals surface area contributed by atoms with Crippen molar-refractivity contribution in [2.45, 2.75) is 6.92 Å². The monoisotopic (exact) mass is 222 g/mol. The average Bonchev–Trinajstić information content (AvgIpc) is 2.29. The van der Waals surface area contributed by atoms with E-state index in [1.807, 2.05) is 37.3 Å². The highest BCUT2D eigenvalue weighted by atomic mass is 16.5. The number of benzene rings is 1. The Bertz CT molecular complexity index is 314. The Hall–Kier alpha value is -1.55. The zero-order valence-electron chi connectivity index (χ0n) is 9.48. The largest absolute Gasteiger partial charge is 0.491 e. The maximum atomic E-state index is 7.18. The van der Waals surface area contributed by atoms with Crippen molar-refractivity contribution >= 4 is 5.84 Å². The van der Waals surface area contributed by atoms with Crippen molar-refractivity contribution in [3.05, 3.63) is 30.3 Å². The molecule has 16 heavy (non-hydrogen) atoms. The summed E-state index contributed by atoms with van der Waals surface area (Å²) >= 11 is 0. The van der Waals surface area contributed by atoms with Crippen LogP contribution in [0.3, 0.4) is 0 Å². The van der Waals surface area contributed by atoms with E-state index in [4.69, 9.17) is 20.6 Å². The molecule has 0 aliphatic carbocycles. The van der Waals surface area contributed by atoms with Gasteiger partial charge in [-0.3, -0.25) is 5.41 Å². The molecule has 0 saturated carbocycles. The highest BCUT2D eigenvalue weighted by molar-refractivity contribution is 5.79. The lowest BCUT2D eigenvalue weighted by atomic mass is 10.2. The fourth-order valence-electron chi connectivity index (χ4n) is 1.09. The van der Waals surface area contributed by atoms with Gasteiger partial charge in [0.15, 0.2) is 0 Å². The first kappa shape index (κ1) is 12.5. The number of hydrogen-bond acceptors (Lipinski definition) is 3. The predicted molar refractivity (Wildman–Crippen MR) is 63.8 cm³/mol. The molecule has 88 valence electrons. The molecule has 1 rings (SSSR count). The molecule has 0 saturated heterocycles. The topological polar surface area (TPSA) is 68.3 Å². The van der Waals surface area contributed by atoms with Crippen molar-refractivity contribution < 1.29 is 9.47 Å². The van der Waals surface area contributed by atoms with Gasteiger partial charge in [-0.05, 0) is 12.1 Å². The lowest BCUT2D eigenvalue weighted by Crippen LogP contribution is -2.24. The molecule has 1 aromatic rings. The standard InChI is InChI=1S/C12H18N2O2/c1-10(12(13)14)9-15-7-8-16-11-5-3-2-4-6-11/h2-6,10H,7-9H2,1H3,(H3,13,14). The molecule has 0 aliphatic heterocycles. The average molecular weight is 222 g/mol. The summed E-state index contributed by atoms with van der Waals surface area (Å²) in [7, 11) is 0. The molecule has 0 aromatic heterocycles.